The normalized spacial score (nSPS) is 16.2. The molecule has 0 spiro atoms. The predicted molar refractivity (Wildman–Crippen MR) is 374 cm³/mol. The number of methoxy groups -OCH3 is 4. The zero-order valence-electron chi connectivity index (χ0n) is 58.5. The lowest BCUT2D eigenvalue weighted by Gasteiger charge is -2.27. The highest BCUT2D eigenvalue weighted by atomic mass is 32.2. The fraction of sp³-hybridized carbons (Fsp3) is 0.466. The Balaban J connectivity index is 0.613. The summed E-state index contributed by atoms with van der Waals surface area (Å²) in [6, 6.07) is 26.0. The van der Waals surface area contributed by atoms with E-state index in [-0.39, 0.29) is 103 Å². The van der Waals surface area contributed by atoms with Gasteiger partial charge in [0, 0.05) is 54.1 Å². The van der Waals surface area contributed by atoms with Crippen LogP contribution in [0.2, 0.25) is 0 Å². The minimum atomic E-state index is -1.24. The number of unbranched alkanes of at least 4 members (excludes halogenated alkanes) is 1. The van der Waals surface area contributed by atoms with Crippen molar-refractivity contribution in [2.45, 2.75) is 108 Å². The fourth-order valence-electron chi connectivity index (χ4n) is 11.4. The number of Topliss-reactive ketones (excluding diaryl/α,β-unsaturated/α-hetero) is 1. The van der Waals surface area contributed by atoms with Crippen molar-refractivity contribution >= 4 is 53.2 Å². The first kappa shape index (κ1) is 76.3. The standard InChI is InChI=1S/C73H90N8O20S/c1-73(2,3)101-72(88)77-55(70(86)100-58-39-47(15-26-57(58)89-4)37-50-42-99-59-40-60(90-5)68(91-6)69(92-7)64(59)67(50)85)38-46-13-20-53(21-14-46)98-44-63(83)74-27-10-30-96-52-22-16-48(17-23-52)66(84)49-18-24-54(25-19-49)97-43-51-41-81(80-79-51)29-32-94-34-36-95-35-33-93-31-28-75-62(82)12-9-8-11-61-65-56(45-102-61)76-71(87)78-65/h13-26,39-41,50,55-56,61,65H,8-12,27-38,42-45H2,1-7H3,(H,74,83)(H,75,82)(H,77,88)(H2,76,78,87)/t50?,55-,56-,61-,65-/m0/s1. The van der Waals surface area contributed by atoms with Gasteiger partial charge in [0.1, 0.15) is 52.5 Å². The van der Waals surface area contributed by atoms with E-state index in [0.29, 0.717) is 141 Å². The Labute approximate surface area is 596 Å². The highest BCUT2D eigenvalue weighted by Gasteiger charge is 2.43. The molecule has 0 aliphatic carbocycles. The molecule has 0 bridgehead atoms. The van der Waals surface area contributed by atoms with Gasteiger partial charge in [-0.1, -0.05) is 29.8 Å². The van der Waals surface area contributed by atoms with Crippen LogP contribution in [0, 0.1) is 5.92 Å². The van der Waals surface area contributed by atoms with E-state index >= 15 is 0 Å². The number of alkyl carbamates (subject to hydrolysis) is 1. The molecule has 2 saturated heterocycles. The van der Waals surface area contributed by atoms with E-state index < -0.39 is 29.6 Å². The van der Waals surface area contributed by atoms with E-state index in [0.717, 1.165) is 25.0 Å². The Hall–Kier alpha value is -9.84. The molecular weight excluding hydrogens is 1340 g/mol. The van der Waals surface area contributed by atoms with Crippen molar-refractivity contribution in [2.75, 3.05) is 107 Å². The number of rotatable bonds is 41. The number of amides is 5. The summed E-state index contributed by atoms with van der Waals surface area (Å²) in [5.41, 5.74) is 2.19. The van der Waals surface area contributed by atoms with Crippen LogP contribution in [-0.4, -0.2) is 192 Å². The Bertz CT molecular complexity index is 3780. The maximum absolute atomic E-state index is 14.1. The lowest BCUT2D eigenvalue weighted by atomic mass is 9.88. The van der Waals surface area contributed by atoms with Crippen LogP contribution < -0.4 is 69.2 Å². The van der Waals surface area contributed by atoms with Crippen LogP contribution in [0.1, 0.15) is 96.0 Å². The van der Waals surface area contributed by atoms with Gasteiger partial charge in [0.25, 0.3) is 5.91 Å². The van der Waals surface area contributed by atoms with Crippen LogP contribution in [0.4, 0.5) is 9.59 Å². The van der Waals surface area contributed by atoms with Gasteiger partial charge in [-0.2, -0.15) is 11.8 Å². The number of urea groups is 1. The van der Waals surface area contributed by atoms with Gasteiger partial charge < -0.3 is 88.2 Å². The Kier molecular flexibility index (Phi) is 28.6. The number of ether oxygens (including phenoxy) is 13. The van der Waals surface area contributed by atoms with Crippen LogP contribution in [-0.2, 0) is 59.3 Å². The second kappa shape index (κ2) is 38.3. The summed E-state index contributed by atoms with van der Waals surface area (Å²) in [5, 5.41) is 23.1. The average Bonchev–Trinajstić information content (AvgIpc) is 0.999. The lowest BCUT2D eigenvalue weighted by Crippen LogP contribution is -2.46. The number of aromatic nitrogens is 3. The number of ketones is 2. The quantitative estimate of drug-likeness (QED) is 0.00817. The van der Waals surface area contributed by atoms with E-state index in [9.17, 15) is 33.6 Å². The third-order valence-electron chi connectivity index (χ3n) is 16.5. The topological polar surface area (TPSA) is 330 Å². The van der Waals surface area contributed by atoms with Crippen LogP contribution in [0.5, 0.6) is 51.7 Å². The highest BCUT2D eigenvalue weighted by molar-refractivity contribution is 8.00. The minimum Gasteiger partial charge on any atom is -0.494 e. The molecule has 1 aromatic heterocycles. The van der Waals surface area contributed by atoms with Crippen molar-refractivity contribution < 1.29 is 95.1 Å². The molecule has 9 rings (SSSR count). The molecule has 0 radical (unpaired) electrons. The van der Waals surface area contributed by atoms with Gasteiger partial charge in [-0.3, -0.25) is 19.2 Å². The van der Waals surface area contributed by atoms with Gasteiger partial charge in [0.05, 0.1) is 112 Å². The number of carbonyl (C=O) groups excluding carboxylic acids is 7. The zero-order chi connectivity index (χ0) is 72.4. The molecule has 3 aliphatic heterocycles. The lowest BCUT2D eigenvalue weighted by molar-refractivity contribution is -0.137. The van der Waals surface area contributed by atoms with Crippen molar-refractivity contribution in [3.05, 3.63) is 137 Å². The number of nitrogens with zero attached hydrogens (tertiary/aromatic N) is 3. The number of fused-ring (bicyclic) bond motifs is 2. The third-order valence-corrected chi connectivity index (χ3v) is 18.0. The molecule has 28 nitrogen and oxygen atoms in total. The summed E-state index contributed by atoms with van der Waals surface area (Å²) in [7, 11) is 5.77. The van der Waals surface area contributed by atoms with Crippen molar-refractivity contribution in [1.82, 2.24) is 41.6 Å². The highest BCUT2D eigenvalue weighted by Crippen LogP contribution is 2.48. The van der Waals surface area contributed by atoms with E-state index in [4.69, 9.17) is 61.6 Å². The molecule has 0 saturated carbocycles. The minimum absolute atomic E-state index is 0.0139. The monoisotopic (exact) mass is 1430 g/mol. The summed E-state index contributed by atoms with van der Waals surface area (Å²) in [6.07, 6.45) is 4.83. The number of esters is 1. The molecule has 2 fully saturated rings. The molecule has 5 N–H and O–H groups in total. The SMILES string of the molecule is COc1ccc(CC2COc3cc(OC)c(OC)c(OC)c3C2=O)cc1OC(=O)[C@H](Cc1ccc(OCC(=O)NCCCOc2ccc(C(=O)c3ccc(OCc4cn(CCOCCOCCOCCNC(=O)CCCC[C@@H]5SC[C@@H]6NC(=O)N[C@@H]65)nn4)cc3)cc2)cc1)NC(=O)OC(C)(C)C. The molecule has 548 valence electrons. The predicted octanol–water partition coefficient (Wildman–Crippen LogP) is 7.45. The first-order valence-corrected chi connectivity index (χ1v) is 34.9. The first-order chi connectivity index (χ1) is 49.4. The molecule has 4 heterocycles. The largest absolute Gasteiger partial charge is 0.494 e. The fourth-order valence-corrected chi connectivity index (χ4v) is 12.9. The molecule has 6 aromatic rings. The van der Waals surface area contributed by atoms with Gasteiger partial charge in [-0.15, -0.1) is 5.10 Å². The Morgan fingerprint density at radius 1 is 0.676 bits per heavy atom. The smallest absolute Gasteiger partial charge is 0.408 e. The number of nitrogens with one attached hydrogen (secondary N) is 5. The molecule has 5 aromatic carbocycles. The van der Waals surface area contributed by atoms with Gasteiger partial charge in [0.15, 0.2) is 41.2 Å². The van der Waals surface area contributed by atoms with E-state index in [1.807, 2.05) is 11.8 Å². The second-order valence-corrected chi connectivity index (χ2v) is 26.4. The maximum Gasteiger partial charge on any atom is 0.408 e. The first-order valence-electron chi connectivity index (χ1n) is 33.8. The van der Waals surface area contributed by atoms with E-state index in [2.05, 4.69) is 36.9 Å². The summed E-state index contributed by atoms with van der Waals surface area (Å²) >= 11 is 1.89. The van der Waals surface area contributed by atoms with Crippen LogP contribution in [0.25, 0.3) is 0 Å². The van der Waals surface area contributed by atoms with Gasteiger partial charge in [0.2, 0.25) is 11.7 Å². The van der Waals surface area contributed by atoms with Crippen LogP contribution >= 0.6 is 11.8 Å². The van der Waals surface area contributed by atoms with Crippen molar-refractivity contribution in [2.24, 2.45) is 5.92 Å². The molecule has 1 unspecified atom stereocenters. The third kappa shape index (κ3) is 22.8. The van der Waals surface area contributed by atoms with Gasteiger partial charge >= 0.3 is 18.1 Å². The molecule has 102 heavy (non-hydrogen) atoms. The van der Waals surface area contributed by atoms with Gasteiger partial charge in [-0.25, -0.2) is 19.1 Å². The van der Waals surface area contributed by atoms with E-state index in [1.54, 1.807) is 129 Å². The number of thioether (sulfide) groups is 1. The van der Waals surface area contributed by atoms with Crippen molar-refractivity contribution in [1.29, 1.82) is 0 Å². The number of hydrogen-bond donors (Lipinski definition) is 5. The number of hydrogen-bond acceptors (Lipinski definition) is 23. The molecule has 5 amide bonds. The molecule has 3 aliphatic rings. The second-order valence-electron chi connectivity index (χ2n) is 25.1. The van der Waals surface area contributed by atoms with Gasteiger partial charge in [-0.05, 0) is 130 Å². The van der Waals surface area contributed by atoms with Crippen LogP contribution in [0.3, 0.4) is 0 Å². The molecular formula is C73H90N8O20S. The summed E-state index contributed by atoms with van der Waals surface area (Å²) in [6.45, 7) is 9.05. The van der Waals surface area contributed by atoms with E-state index in [1.165, 1.54) is 28.4 Å². The maximum atomic E-state index is 14.1. The molecule has 29 heteroatoms. The van der Waals surface area contributed by atoms with Crippen molar-refractivity contribution in [3.8, 4) is 51.7 Å². The summed E-state index contributed by atoms with van der Waals surface area (Å²) in [4.78, 5) is 91.0. The Morgan fingerprint density at radius 3 is 2.03 bits per heavy atom. The van der Waals surface area contributed by atoms with Crippen molar-refractivity contribution in [3.63, 3.8) is 0 Å². The van der Waals surface area contributed by atoms with Crippen LogP contribution in [0.15, 0.2) is 103 Å². The average molecular weight is 1430 g/mol. The number of carbonyl (C=O) groups is 7. The summed E-state index contributed by atoms with van der Waals surface area (Å²) in [5.74, 6) is 1.60. The Morgan fingerprint density at radius 2 is 1.33 bits per heavy atom. The number of benzene rings is 5. The summed E-state index contributed by atoms with van der Waals surface area (Å²) < 4.78 is 75.6. The molecule has 5 atom stereocenters. The zero-order valence-corrected chi connectivity index (χ0v) is 59.3.